The van der Waals surface area contributed by atoms with Gasteiger partial charge in [-0.15, -0.1) is 11.3 Å². The van der Waals surface area contributed by atoms with Crippen molar-refractivity contribution >= 4 is 44.1 Å². The Hall–Kier alpha value is -2.18. The molecule has 2 N–H and O–H groups in total. The fraction of sp³-hybridized carbons (Fsp3) is 0.273. The summed E-state index contributed by atoms with van der Waals surface area (Å²) in [5.74, 6) is 0.572. The van der Waals surface area contributed by atoms with E-state index in [1.807, 2.05) is 37.3 Å². The van der Waals surface area contributed by atoms with Crippen LogP contribution in [0, 0.1) is 5.82 Å². The van der Waals surface area contributed by atoms with Crippen LogP contribution in [0.3, 0.4) is 0 Å². The van der Waals surface area contributed by atoms with Crippen molar-refractivity contribution in [2.75, 3.05) is 5.75 Å². The number of thioether (sulfide) groups is 1. The average Bonchev–Trinajstić information content (AvgIpc) is 3.14. The molecule has 1 aliphatic rings. The summed E-state index contributed by atoms with van der Waals surface area (Å²) in [5.41, 5.74) is 6.65. The van der Waals surface area contributed by atoms with Crippen molar-refractivity contribution in [1.29, 1.82) is 0 Å². The van der Waals surface area contributed by atoms with Crippen LogP contribution in [0.2, 0.25) is 0 Å². The number of rotatable bonds is 5. The Morgan fingerprint density at radius 2 is 2.07 bits per heavy atom. The maximum atomic E-state index is 14.7. The fourth-order valence-electron chi connectivity index (χ4n) is 3.70. The lowest BCUT2D eigenvalue weighted by Crippen LogP contribution is -2.32. The molecule has 1 aromatic heterocycles. The van der Waals surface area contributed by atoms with Crippen LogP contribution in [0.5, 0.6) is 0 Å². The van der Waals surface area contributed by atoms with Crippen LogP contribution >= 0.6 is 23.1 Å². The molecular weight excluding hydrogens is 391 g/mol. The zero-order chi connectivity index (χ0) is 19.7. The number of halogens is 1. The number of thiophene rings is 1. The molecule has 0 radical (unpaired) electrons. The third-order valence-electron chi connectivity index (χ3n) is 5.27. The number of benzene rings is 2. The molecule has 28 heavy (non-hydrogen) atoms. The molecule has 0 fully saturated rings. The maximum Gasteiger partial charge on any atom is 0.177 e. The van der Waals surface area contributed by atoms with Crippen molar-refractivity contribution in [2.45, 2.75) is 31.7 Å². The summed E-state index contributed by atoms with van der Waals surface area (Å²) in [7, 11) is 0. The van der Waals surface area contributed by atoms with Crippen LogP contribution < -0.4 is 5.73 Å². The summed E-state index contributed by atoms with van der Waals surface area (Å²) in [6.45, 7) is 2.00. The number of hydrogen-bond donors (Lipinski definition) is 1. The van der Waals surface area contributed by atoms with E-state index in [0.29, 0.717) is 17.2 Å². The number of nitrogens with two attached hydrogens (primary N) is 1. The van der Waals surface area contributed by atoms with Gasteiger partial charge in [-0.1, -0.05) is 43.0 Å². The molecule has 144 valence electrons. The van der Waals surface area contributed by atoms with Crippen LogP contribution in [0.1, 0.15) is 40.6 Å². The van der Waals surface area contributed by atoms with Gasteiger partial charge in [-0.2, -0.15) is 0 Å². The predicted molar refractivity (Wildman–Crippen MR) is 117 cm³/mol. The van der Waals surface area contributed by atoms with E-state index in [-0.39, 0.29) is 18.0 Å². The van der Waals surface area contributed by atoms with Gasteiger partial charge < -0.3 is 5.73 Å². The van der Waals surface area contributed by atoms with Gasteiger partial charge in [-0.25, -0.2) is 4.39 Å². The molecule has 0 aliphatic carbocycles. The SMILES string of the molecule is CC[C@@]1(c2cc(CC(=O)c3cc4ccccc4s3)ccc2F)CCSC(N)=N1. The van der Waals surface area contributed by atoms with Crippen LogP contribution in [0.15, 0.2) is 53.5 Å². The molecule has 0 saturated heterocycles. The van der Waals surface area contributed by atoms with Gasteiger partial charge in [0.25, 0.3) is 0 Å². The number of ketones is 1. The smallest absolute Gasteiger partial charge is 0.177 e. The van der Waals surface area contributed by atoms with Gasteiger partial charge in [0.15, 0.2) is 11.0 Å². The number of fused-ring (bicyclic) bond motifs is 1. The summed E-state index contributed by atoms with van der Waals surface area (Å²) < 4.78 is 15.8. The molecule has 0 saturated carbocycles. The second-order valence-corrected chi connectivity index (χ2v) is 9.20. The quantitative estimate of drug-likeness (QED) is 0.561. The van der Waals surface area contributed by atoms with Gasteiger partial charge in [0, 0.05) is 22.4 Å². The van der Waals surface area contributed by atoms with Crippen molar-refractivity contribution in [3.63, 3.8) is 0 Å². The molecule has 6 heteroatoms. The number of aliphatic imine (C=N–C) groups is 1. The van der Waals surface area contributed by atoms with Gasteiger partial charge >= 0.3 is 0 Å². The summed E-state index contributed by atoms with van der Waals surface area (Å²) in [6.07, 6.45) is 1.65. The lowest BCUT2D eigenvalue weighted by atomic mass is 9.83. The molecule has 1 atom stereocenters. The first-order valence-corrected chi connectivity index (χ1v) is 11.1. The molecule has 1 aliphatic heterocycles. The first-order chi connectivity index (χ1) is 13.5. The third kappa shape index (κ3) is 3.59. The van der Waals surface area contributed by atoms with E-state index in [9.17, 15) is 9.18 Å². The Bertz CT molecular complexity index is 1040. The van der Waals surface area contributed by atoms with E-state index < -0.39 is 5.54 Å². The highest BCUT2D eigenvalue weighted by atomic mass is 32.2. The van der Waals surface area contributed by atoms with E-state index in [2.05, 4.69) is 4.99 Å². The van der Waals surface area contributed by atoms with Gasteiger partial charge in [-0.05, 0) is 48.1 Å². The number of amidine groups is 1. The lowest BCUT2D eigenvalue weighted by molar-refractivity contribution is 0.0997. The van der Waals surface area contributed by atoms with E-state index >= 15 is 0 Å². The Labute approximate surface area is 171 Å². The second kappa shape index (κ2) is 7.68. The van der Waals surface area contributed by atoms with Crippen LogP contribution in [-0.2, 0) is 12.0 Å². The minimum atomic E-state index is -0.643. The monoisotopic (exact) mass is 412 g/mol. The molecule has 0 unspecified atom stereocenters. The summed E-state index contributed by atoms with van der Waals surface area (Å²) >= 11 is 3.00. The fourth-order valence-corrected chi connectivity index (χ4v) is 5.58. The number of hydrogen-bond acceptors (Lipinski definition) is 5. The van der Waals surface area contributed by atoms with Crippen molar-refractivity contribution in [3.05, 3.63) is 70.4 Å². The van der Waals surface area contributed by atoms with Crippen LogP contribution in [0.4, 0.5) is 4.39 Å². The molecule has 2 heterocycles. The van der Waals surface area contributed by atoms with Crippen molar-refractivity contribution in [3.8, 4) is 0 Å². The summed E-state index contributed by atoms with van der Waals surface area (Å²) in [5, 5.41) is 1.57. The van der Waals surface area contributed by atoms with Gasteiger partial charge in [0.1, 0.15) is 5.82 Å². The minimum absolute atomic E-state index is 0.0477. The number of carbonyl (C=O) groups excluding carboxylic acids is 1. The molecule has 0 bridgehead atoms. The standard InChI is InChI=1S/C22H21FN2OS2/c1-2-22(9-10-27-21(24)25-22)16-11-14(7-8-17(16)23)12-18(26)20-13-15-5-3-4-6-19(15)28-20/h3-8,11,13H,2,9-10,12H2,1H3,(H2,24,25)/t22-/m0/s1. The van der Waals surface area contributed by atoms with E-state index in [4.69, 9.17) is 5.73 Å². The van der Waals surface area contributed by atoms with Crippen molar-refractivity contribution in [2.24, 2.45) is 10.7 Å². The Kier molecular flexibility index (Phi) is 5.25. The normalized spacial score (nSPS) is 19.6. The van der Waals surface area contributed by atoms with E-state index in [1.165, 1.54) is 29.2 Å². The van der Waals surface area contributed by atoms with Crippen molar-refractivity contribution in [1.82, 2.24) is 0 Å². The minimum Gasteiger partial charge on any atom is -0.379 e. The van der Waals surface area contributed by atoms with Crippen molar-refractivity contribution < 1.29 is 9.18 Å². The molecular formula is C22H21FN2OS2. The third-order valence-corrected chi connectivity index (χ3v) is 7.22. The largest absolute Gasteiger partial charge is 0.379 e. The van der Waals surface area contributed by atoms with E-state index in [0.717, 1.165) is 32.7 Å². The highest BCUT2D eigenvalue weighted by Crippen LogP contribution is 2.40. The van der Waals surface area contributed by atoms with Gasteiger partial charge in [0.2, 0.25) is 0 Å². The Morgan fingerprint density at radius 3 is 2.82 bits per heavy atom. The maximum absolute atomic E-state index is 14.7. The molecule has 0 amide bonds. The predicted octanol–water partition coefficient (Wildman–Crippen LogP) is 5.52. The highest BCUT2D eigenvalue weighted by Gasteiger charge is 2.35. The topological polar surface area (TPSA) is 55.5 Å². The summed E-state index contributed by atoms with van der Waals surface area (Å²) in [6, 6.07) is 14.8. The first kappa shape index (κ1) is 19.2. The number of nitrogens with zero attached hydrogens (tertiary/aromatic N) is 1. The molecule has 0 spiro atoms. The zero-order valence-corrected chi connectivity index (χ0v) is 17.2. The van der Waals surface area contributed by atoms with Gasteiger partial charge in [-0.3, -0.25) is 9.79 Å². The molecule has 4 rings (SSSR count). The average molecular weight is 413 g/mol. The van der Waals surface area contributed by atoms with Gasteiger partial charge in [0.05, 0.1) is 10.4 Å². The number of Topliss-reactive ketones (excluding diaryl/α,β-unsaturated/α-hetero) is 1. The number of carbonyl (C=O) groups is 1. The van der Waals surface area contributed by atoms with E-state index in [1.54, 1.807) is 12.1 Å². The lowest BCUT2D eigenvalue weighted by Gasteiger charge is -2.33. The highest BCUT2D eigenvalue weighted by molar-refractivity contribution is 8.13. The zero-order valence-electron chi connectivity index (χ0n) is 15.6. The Balaban J connectivity index is 1.65. The second-order valence-electron chi connectivity index (χ2n) is 7.00. The van der Waals surface area contributed by atoms with Crippen LogP contribution in [0.25, 0.3) is 10.1 Å². The molecule has 3 nitrogen and oxygen atoms in total. The molecule has 2 aromatic carbocycles. The molecule has 3 aromatic rings. The summed E-state index contributed by atoms with van der Waals surface area (Å²) in [4.78, 5) is 18.2. The van der Waals surface area contributed by atoms with Crippen LogP contribution in [-0.4, -0.2) is 16.7 Å². The Morgan fingerprint density at radius 1 is 1.25 bits per heavy atom. The first-order valence-electron chi connectivity index (χ1n) is 9.29.